The molecule has 0 aliphatic rings. The quantitative estimate of drug-likeness (QED) is 0.248. The van der Waals surface area contributed by atoms with E-state index in [9.17, 15) is 0 Å². The second-order valence-corrected chi connectivity index (χ2v) is 7.02. The van der Waals surface area contributed by atoms with Gasteiger partial charge in [0, 0.05) is 36.2 Å². The molecule has 138 valence electrons. The molecule has 0 fully saturated rings. The van der Waals surface area contributed by atoms with Gasteiger partial charge >= 0.3 is 0 Å². The van der Waals surface area contributed by atoms with E-state index < -0.39 is 0 Å². The molecule has 2 N–H and O–H groups in total. The zero-order chi connectivity index (χ0) is 17.2. The minimum Gasteiger partial charge on any atom is -0.356 e. The summed E-state index contributed by atoms with van der Waals surface area (Å²) in [6.07, 6.45) is 4.25. The van der Waals surface area contributed by atoms with Gasteiger partial charge in [-0.2, -0.15) is 0 Å². The van der Waals surface area contributed by atoms with Gasteiger partial charge in [0.1, 0.15) is 0 Å². The molecule has 2 aromatic rings. The number of unbranched alkanes of at least 4 members (excludes halogenated alkanes) is 1. The molecular weight excluding hydrogens is 467 g/mol. The Balaban J connectivity index is 0.00000312. The Morgan fingerprint density at radius 1 is 1.12 bits per heavy atom. The highest BCUT2D eigenvalue weighted by Gasteiger charge is 2.00. The fourth-order valence-corrected chi connectivity index (χ4v) is 3.27. The zero-order valence-corrected chi connectivity index (χ0v) is 18.6. The second-order valence-electron chi connectivity index (χ2n) is 5.64. The summed E-state index contributed by atoms with van der Waals surface area (Å²) in [7, 11) is 1.80. The SMILES string of the molecule is CN=C(NCCCCc1nc(C)cs1)NCCc1ccc(Cl)cc1.I. The van der Waals surface area contributed by atoms with Crippen molar-refractivity contribution in [1.82, 2.24) is 15.6 Å². The van der Waals surface area contributed by atoms with Crippen LogP contribution in [0.5, 0.6) is 0 Å². The van der Waals surface area contributed by atoms with Crippen molar-refractivity contribution in [2.24, 2.45) is 4.99 Å². The van der Waals surface area contributed by atoms with Crippen LogP contribution in [-0.4, -0.2) is 31.1 Å². The first kappa shape index (κ1) is 22.2. The van der Waals surface area contributed by atoms with Gasteiger partial charge in [-0.05, 0) is 50.3 Å². The summed E-state index contributed by atoms with van der Waals surface area (Å²) in [6, 6.07) is 7.96. The zero-order valence-electron chi connectivity index (χ0n) is 14.7. The summed E-state index contributed by atoms with van der Waals surface area (Å²) in [6.45, 7) is 3.81. The molecule has 25 heavy (non-hydrogen) atoms. The van der Waals surface area contributed by atoms with Crippen molar-refractivity contribution in [3.8, 4) is 0 Å². The normalized spacial score (nSPS) is 11.1. The standard InChI is InChI=1S/C18H25ClN4S.HI/c1-14-13-24-17(23-14)5-3-4-11-21-18(20-2)22-12-10-15-6-8-16(19)9-7-15;/h6-9,13H,3-5,10-12H2,1-2H3,(H2,20,21,22);1H. The van der Waals surface area contributed by atoms with E-state index >= 15 is 0 Å². The minimum atomic E-state index is 0. The Morgan fingerprint density at radius 3 is 2.48 bits per heavy atom. The molecule has 0 aliphatic heterocycles. The summed E-state index contributed by atoms with van der Waals surface area (Å²) >= 11 is 7.65. The molecule has 1 aromatic heterocycles. The molecule has 1 aromatic carbocycles. The van der Waals surface area contributed by atoms with E-state index in [4.69, 9.17) is 11.6 Å². The average molecular weight is 493 g/mol. The lowest BCUT2D eigenvalue weighted by molar-refractivity contribution is 0.691. The maximum Gasteiger partial charge on any atom is 0.190 e. The lowest BCUT2D eigenvalue weighted by atomic mass is 10.1. The highest BCUT2D eigenvalue weighted by Crippen LogP contribution is 2.11. The maximum atomic E-state index is 5.89. The third-order valence-electron chi connectivity index (χ3n) is 3.62. The molecule has 0 radical (unpaired) electrons. The number of benzene rings is 1. The predicted molar refractivity (Wildman–Crippen MR) is 120 cm³/mol. The van der Waals surface area contributed by atoms with Gasteiger partial charge in [0.25, 0.3) is 0 Å². The van der Waals surface area contributed by atoms with Crippen molar-refractivity contribution in [3.63, 3.8) is 0 Å². The first-order valence-electron chi connectivity index (χ1n) is 8.27. The number of hydrogen-bond acceptors (Lipinski definition) is 3. The largest absolute Gasteiger partial charge is 0.356 e. The number of hydrogen-bond donors (Lipinski definition) is 2. The van der Waals surface area contributed by atoms with Crippen LogP contribution in [0, 0.1) is 6.92 Å². The summed E-state index contributed by atoms with van der Waals surface area (Å²) in [5.74, 6) is 0.856. The van der Waals surface area contributed by atoms with Gasteiger partial charge in [0.2, 0.25) is 0 Å². The highest BCUT2D eigenvalue weighted by molar-refractivity contribution is 14.0. The van der Waals surface area contributed by atoms with Crippen molar-refractivity contribution >= 4 is 52.9 Å². The van der Waals surface area contributed by atoms with Crippen molar-refractivity contribution in [3.05, 3.63) is 50.9 Å². The van der Waals surface area contributed by atoms with Gasteiger partial charge in [-0.1, -0.05) is 23.7 Å². The van der Waals surface area contributed by atoms with Crippen LogP contribution in [0.25, 0.3) is 0 Å². The number of thiazole rings is 1. The summed E-state index contributed by atoms with van der Waals surface area (Å²) in [4.78, 5) is 8.74. The number of aryl methyl sites for hydroxylation is 2. The highest BCUT2D eigenvalue weighted by atomic mass is 127. The van der Waals surface area contributed by atoms with E-state index in [1.165, 1.54) is 10.6 Å². The summed E-state index contributed by atoms with van der Waals surface area (Å²) in [5.41, 5.74) is 2.39. The number of aromatic nitrogens is 1. The molecule has 0 spiro atoms. The number of aliphatic imine (C=N–C) groups is 1. The molecule has 2 rings (SSSR count). The van der Waals surface area contributed by atoms with Gasteiger partial charge in [0.15, 0.2) is 5.96 Å². The summed E-state index contributed by atoms with van der Waals surface area (Å²) < 4.78 is 0. The van der Waals surface area contributed by atoms with Crippen molar-refractivity contribution in [2.45, 2.75) is 32.6 Å². The molecule has 0 atom stereocenters. The number of rotatable bonds is 8. The van der Waals surface area contributed by atoms with Crippen molar-refractivity contribution in [1.29, 1.82) is 0 Å². The first-order chi connectivity index (χ1) is 11.7. The molecule has 0 unspecified atom stereocenters. The lowest BCUT2D eigenvalue weighted by Crippen LogP contribution is -2.38. The fourth-order valence-electron chi connectivity index (χ4n) is 2.32. The Bertz CT molecular complexity index is 643. The van der Waals surface area contributed by atoms with Crippen molar-refractivity contribution in [2.75, 3.05) is 20.1 Å². The number of guanidine groups is 1. The van der Waals surface area contributed by atoms with Crippen LogP contribution in [-0.2, 0) is 12.8 Å². The molecule has 0 aliphatic carbocycles. The Morgan fingerprint density at radius 2 is 1.84 bits per heavy atom. The maximum absolute atomic E-state index is 5.89. The van der Waals surface area contributed by atoms with Crippen LogP contribution in [0.4, 0.5) is 0 Å². The van der Waals surface area contributed by atoms with Crippen LogP contribution < -0.4 is 10.6 Å². The first-order valence-corrected chi connectivity index (χ1v) is 9.53. The van der Waals surface area contributed by atoms with Gasteiger partial charge in [-0.3, -0.25) is 4.99 Å². The average Bonchev–Trinajstić information content (AvgIpc) is 3.00. The molecule has 7 heteroatoms. The topological polar surface area (TPSA) is 49.3 Å². The number of nitrogens with one attached hydrogen (secondary N) is 2. The fraction of sp³-hybridized carbons (Fsp3) is 0.444. The molecule has 0 bridgehead atoms. The van der Waals surface area contributed by atoms with E-state index in [0.29, 0.717) is 0 Å². The number of nitrogens with zero attached hydrogens (tertiary/aromatic N) is 2. The summed E-state index contributed by atoms with van der Waals surface area (Å²) in [5, 5.41) is 10.8. The third kappa shape index (κ3) is 8.87. The second kappa shape index (κ2) is 12.5. The van der Waals surface area contributed by atoms with Crippen LogP contribution >= 0.6 is 46.9 Å². The molecule has 0 saturated heterocycles. The van der Waals surface area contributed by atoms with E-state index in [-0.39, 0.29) is 24.0 Å². The van der Waals surface area contributed by atoms with Crippen molar-refractivity contribution < 1.29 is 0 Å². The van der Waals surface area contributed by atoms with Gasteiger partial charge < -0.3 is 10.6 Å². The molecule has 0 saturated carbocycles. The van der Waals surface area contributed by atoms with Crippen LogP contribution in [0.15, 0.2) is 34.6 Å². The monoisotopic (exact) mass is 492 g/mol. The van der Waals surface area contributed by atoms with E-state index in [2.05, 4.69) is 38.1 Å². The minimum absolute atomic E-state index is 0. The van der Waals surface area contributed by atoms with Crippen LogP contribution in [0.3, 0.4) is 0 Å². The van der Waals surface area contributed by atoms with Gasteiger partial charge in [-0.15, -0.1) is 35.3 Å². The molecular formula is C18H26ClIN4S. The molecule has 4 nitrogen and oxygen atoms in total. The van der Waals surface area contributed by atoms with E-state index in [1.807, 2.05) is 19.1 Å². The Kier molecular flexibility index (Phi) is 11.1. The predicted octanol–water partition coefficient (Wildman–Crippen LogP) is 4.45. The van der Waals surface area contributed by atoms with Gasteiger partial charge in [-0.25, -0.2) is 4.98 Å². The Labute approximate surface area is 176 Å². The lowest BCUT2D eigenvalue weighted by Gasteiger charge is -2.11. The van der Waals surface area contributed by atoms with E-state index in [0.717, 1.165) is 55.4 Å². The van der Waals surface area contributed by atoms with Crippen LogP contribution in [0.1, 0.15) is 29.1 Å². The van der Waals surface area contributed by atoms with Crippen LogP contribution in [0.2, 0.25) is 5.02 Å². The number of halogens is 2. The molecule has 1 heterocycles. The third-order valence-corrected chi connectivity index (χ3v) is 4.90. The van der Waals surface area contributed by atoms with Gasteiger partial charge in [0.05, 0.1) is 5.01 Å². The Hall–Kier alpha value is -0.860. The van der Waals surface area contributed by atoms with E-state index in [1.54, 1.807) is 18.4 Å². The molecule has 0 amide bonds. The smallest absolute Gasteiger partial charge is 0.190 e.